The molecule has 2 aromatic heterocycles. The van der Waals surface area contributed by atoms with E-state index in [2.05, 4.69) is 38.9 Å². The molecule has 0 saturated carbocycles. The fourth-order valence-electron chi connectivity index (χ4n) is 4.23. The molecule has 2 aliphatic rings. The second-order valence-corrected chi connectivity index (χ2v) is 7.60. The summed E-state index contributed by atoms with van der Waals surface area (Å²) in [4.78, 5) is 27.8. The Morgan fingerprint density at radius 2 is 2.19 bits per heavy atom. The minimum absolute atomic E-state index is 0.0360. The van der Waals surface area contributed by atoms with Gasteiger partial charge in [0.15, 0.2) is 0 Å². The quantitative estimate of drug-likeness (QED) is 0.731. The summed E-state index contributed by atoms with van der Waals surface area (Å²) >= 11 is 0. The highest BCUT2D eigenvalue weighted by Gasteiger charge is 2.29. The molecule has 140 valence electrons. The number of para-hydroxylation sites is 1. The number of likely N-dealkylation sites (tertiary alicyclic amines) is 1. The van der Waals surface area contributed by atoms with Crippen molar-refractivity contribution in [1.82, 2.24) is 29.7 Å². The summed E-state index contributed by atoms with van der Waals surface area (Å²) in [6, 6.07) is 6.19. The Labute approximate surface area is 157 Å². The first kappa shape index (κ1) is 16.5. The summed E-state index contributed by atoms with van der Waals surface area (Å²) in [5.41, 5.74) is 3.85. The third kappa shape index (κ3) is 2.92. The van der Waals surface area contributed by atoms with Gasteiger partial charge in [-0.25, -0.2) is 9.97 Å². The zero-order chi connectivity index (χ0) is 18.4. The third-order valence-corrected chi connectivity index (χ3v) is 5.72. The van der Waals surface area contributed by atoms with Crippen molar-refractivity contribution in [3.05, 3.63) is 47.3 Å². The summed E-state index contributed by atoms with van der Waals surface area (Å²) in [6.45, 7) is 6.09. The average molecular weight is 364 g/mol. The summed E-state index contributed by atoms with van der Waals surface area (Å²) in [7, 11) is 0. The second-order valence-electron chi connectivity index (χ2n) is 7.60. The lowest BCUT2D eigenvalue weighted by Gasteiger charge is -2.31. The fraction of sp³-hybridized carbons (Fsp3) is 0.450. The maximum atomic E-state index is 13.0. The van der Waals surface area contributed by atoms with E-state index in [0.29, 0.717) is 12.2 Å². The van der Waals surface area contributed by atoms with Gasteiger partial charge in [0.25, 0.3) is 5.91 Å². The Kier molecular flexibility index (Phi) is 3.97. The monoisotopic (exact) mass is 364 g/mol. The highest BCUT2D eigenvalue weighted by atomic mass is 16.2. The Hall–Kier alpha value is -2.67. The molecule has 1 fully saturated rings. The number of nitrogens with one attached hydrogen (secondary N) is 2. The summed E-state index contributed by atoms with van der Waals surface area (Å²) in [6.07, 6.45) is 3.94. The van der Waals surface area contributed by atoms with Crippen molar-refractivity contribution in [2.75, 3.05) is 19.6 Å². The minimum Gasteiger partial charge on any atom is -0.342 e. The number of fused-ring (bicyclic) bond motifs is 2. The predicted octanol–water partition coefficient (Wildman–Crippen LogP) is 2.19. The van der Waals surface area contributed by atoms with Crippen molar-refractivity contribution < 1.29 is 4.79 Å². The summed E-state index contributed by atoms with van der Waals surface area (Å²) in [5.74, 6) is 2.22. The van der Waals surface area contributed by atoms with Gasteiger partial charge in [-0.05, 0) is 31.4 Å². The largest absolute Gasteiger partial charge is 0.342 e. The number of hydrogen-bond acceptors (Lipinski definition) is 4. The zero-order valence-electron chi connectivity index (χ0n) is 15.5. The van der Waals surface area contributed by atoms with Crippen LogP contribution >= 0.6 is 0 Å². The molecule has 5 rings (SSSR count). The molecule has 1 atom stereocenters. The van der Waals surface area contributed by atoms with Crippen LogP contribution in [0.3, 0.4) is 0 Å². The van der Waals surface area contributed by atoms with Gasteiger partial charge >= 0.3 is 0 Å². The van der Waals surface area contributed by atoms with E-state index in [1.807, 2.05) is 17.2 Å². The Bertz CT molecular complexity index is 980. The van der Waals surface area contributed by atoms with Crippen molar-refractivity contribution in [1.29, 1.82) is 0 Å². The summed E-state index contributed by atoms with van der Waals surface area (Å²) < 4.78 is 2.09. The number of rotatable bonds is 2. The summed E-state index contributed by atoms with van der Waals surface area (Å²) in [5, 5.41) is 3.30. The van der Waals surface area contributed by atoms with Gasteiger partial charge in [-0.2, -0.15) is 0 Å². The van der Waals surface area contributed by atoms with Crippen LogP contribution in [-0.2, 0) is 13.1 Å². The molecule has 0 bridgehead atoms. The Morgan fingerprint density at radius 1 is 1.26 bits per heavy atom. The lowest BCUT2D eigenvalue weighted by molar-refractivity contribution is 0.0699. The Balaban J connectivity index is 1.37. The first-order chi connectivity index (χ1) is 13.2. The molecule has 0 aliphatic carbocycles. The molecular weight excluding hydrogens is 340 g/mol. The molecule has 1 amide bonds. The number of hydrogen-bond donors (Lipinski definition) is 2. The molecule has 0 spiro atoms. The van der Waals surface area contributed by atoms with E-state index in [4.69, 9.17) is 4.98 Å². The van der Waals surface area contributed by atoms with Gasteiger partial charge in [-0.3, -0.25) is 4.79 Å². The molecule has 27 heavy (non-hydrogen) atoms. The Morgan fingerprint density at radius 3 is 3.04 bits per heavy atom. The van der Waals surface area contributed by atoms with Crippen LogP contribution in [-0.4, -0.2) is 50.0 Å². The van der Waals surface area contributed by atoms with E-state index in [9.17, 15) is 4.79 Å². The first-order valence-corrected chi connectivity index (χ1v) is 9.70. The molecule has 7 nitrogen and oxygen atoms in total. The predicted molar refractivity (Wildman–Crippen MR) is 103 cm³/mol. The molecule has 2 aliphatic heterocycles. The van der Waals surface area contributed by atoms with Crippen LogP contribution < -0.4 is 5.32 Å². The van der Waals surface area contributed by atoms with Gasteiger partial charge in [0, 0.05) is 38.3 Å². The number of imidazole rings is 2. The number of piperidine rings is 1. The van der Waals surface area contributed by atoms with Crippen molar-refractivity contribution >= 4 is 16.9 Å². The van der Waals surface area contributed by atoms with Gasteiger partial charge in [0.05, 0.1) is 17.6 Å². The normalized spacial score (nSPS) is 20.0. The lowest BCUT2D eigenvalue weighted by Crippen LogP contribution is -2.39. The number of aryl methyl sites for hydroxylation is 1. The number of nitrogens with zero attached hydrogens (tertiary/aromatic N) is 4. The zero-order valence-corrected chi connectivity index (χ0v) is 15.5. The van der Waals surface area contributed by atoms with Crippen molar-refractivity contribution in [3.8, 4) is 0 Å². The molecule has 7 heteroatoms. The van der Waals surface area contributed by atoms with E-state index in [-0.39, 0.29) is 11.8 Å². The molecular formula is C20H24N6O. The van der Waals surface area contributed by atoms with Gasteiger partial charge in [0.1, 0.15) is 17.3 Å². The molecule has 2 N–H and O–H groups in total. The van der Waals surface area contributed by atoms with Crippen LogP contribution in [0.25, 0.3) is 11.0 Å². The fourth-order valence-corrected chi connectivity index (χ4v) is 4.23. The van der Waals surface area contributed by atoms with Crippen LogP contribution in [0.4, 0.5) is 0 Å². The van der Waals surface area contributed by atoms with Crippen LogP contribution in [0.5, 0.6) is 0 Å². The van der Waals surface area contributed by atoms with Gasteiger partial charge in [-0.1, -0.05) is 12.1 Å². The number of H-pyrrole nitrogens is 1. The highest BCUT2D eigenvalue weighted by Crippen LogP contribution is 2.28. The number of carbonyl (C=O) groups is 1. The standard InChI is InChI=1S/C20H24N6O/c1-13-4-2-6-15-18(13)24-19(23-15)14-5-3-8-26(11-14)20(27)16-12-25-9-7-21-10-17(25)22-16/h2,4,6,12,14,21H,3,5,7-11H2,1H3,(H,23,24)/t14-/m1/s1. The molecule has 0 radical (unpaired) electrons. The average Bonchev–Trinajstić information content (AvgIpc) is 3.32. The molecule has 1 aromatic carbocycles. The number of aromatic nitrogens is 4. The minimum atomic E-state index is 0.0360. The van der Waals surface area contributed by atoms with Crippen molar-refractivity contribution in [2.24, 2.45) is 0 Å². The second kappa shape index (κ2) is 6.49. The van der Waals surface area contributed by atoms with Crippen LogP contribution in [0.15, 0.2) is 24.4 Å². The topological polar surface area (TPSA) is 78.8 Å². The van der Waals surface area contributed by atoms with Crippen molar-refractivity contribution in [3.63, 3.8) is 0 Å². The van der Waals surface area contributed by atoms with Gasteiger partial charge < -0.3 is 19.8 Å². The van der Waals surface area contributed by atoms with Crippen LogP contribution in [0.1, 0.15) is 46.5 Å². The van der Waals surface area contributed by atoms with Gasteiger partial charge in [0.2, 0.25) is 0 Å². The third-order valence-electron chi connectivity index (χ3n) is 5.72. The van der Waals surface area contributed by atoms with Crippen LogP contribution in [0, 0.1) is 6.92 Å². The maximum absolute atomic E-state index is 13.0. The lowest BCUT2D eigenvalue weighted by atomic mass is 9.97. The smallest absolute Gasteiger partial charge is 0.274 e. The van der Waals surface area contributed by atoms with Crippen molar-refractivity contribution in [2.45, 2.75) is 38.8 Å². The van der Waals surface area contributed by atoms with E-state index >= 15 is 0 Å². The highest BCUT2D eigenvalue weighted by molar-refractivity contribution is 5.92. The molecule has 3 aromatic rings. The molecule has 0 unspecified atom stereocenters. The van der Waals surface area contributed by atoms with Gasteiger partial charge in [-0.15, -0.1) is 0 Å². The van der Waals surface area contributed by atoms with E-state index in [1.165, 1.54) is 5.56 Å². The first-order valence-electron chi connectivity index (χ1n) is 9.70. The maximum Gasteiger partial charge on any atom is 0.274 e. The van der Waals surface area contributed by atoms with E-state index in [1.54, 1.807) is 0 Å². The number of benzene rings is 1. The van der Waals surface area contributed by atoms with E-state index < -0.39 is 0 Å². The van der Waals surface area contributed by atoms with Crippen LogP contribution in [0.2, 0.25) is 0 Å². The molecule has 4 heterocycles. The number of carbonyl (C=O) groups excluding carboxylic acids is 1. The molecule has 1 saturated heterocycles. The number of aromatic amines is 1. The number of amides is 1. The SMILES string of the molecule is Cc1cccc2[nH]c([C@@H]3CCCN(C(=O)c4cn5c(n4)CNCC5)C3)nc12. The van der Waals surface area contributed by atoms with E-state index in [0.717, 1.165) is 61.7 Å².